The lowest BCUT2D eigenvalue weighted by molar-refractivity contribution is 0.370. The maximum absolute atomic E-state index is 12.9. The molecular formula is C8H3F5S. The topological polar surface area (TPSA) is 0 Å². The quantitative estimate of drug-likeness (QED) is 0.516. The van der Waals surface area contributed by atoms with Crippen molar-refractivity contribution < 1.29 is 22.0 Å². The molecule has 76 valence electrons. The summed E-state index contributed by atoms with van der Waals surface area (Å²) in [7, 11) is 0. The van der Waals surface area contributed by atoms with E-state index in [1.165, 1.54) is 11.4 Å². The van der Waals surface area contributed by atoms with Crippen molar-refractivity contribution in [1.82, 2.24) is 0 Å². The molecule has 0 radical (unpaired) electrons. The van der Waals surface area contributed by atoms with E-state index in [4.69, 9.17) is 0 Å². The van der Waals surface area contributed by atoms with Crippen LogP contribution in [0.4, 0.5) is 22.0 Å². The summed E-state index contributed by atoms with van der Waals surface area (Å²) in [5, 5.41) is 1.41. The molecule has 0 spiro atoms. The van der Waals surface area contributed by atoms with Crippen LogP contribution in [0.25, 0.3) is 5.83 Å². The van der Waals surface area contributed by atoms with Crippen LogP contribution in [0.1, 0.15) is 4.88 Å². The molecule has 0 aliphatic carbocycles. The van der Waals surface area contributed by atoms with Crippen molar-refractivity contribution in [2.24, 2.45) is 0 Å². The Hall–Kier alpha value is -1.17. The predicted octanol–water partition coefficient (Wildman–Crippen LogP) is 4.43. The average molecular weight is 226 g/mol. The van der Waals surface area contributed by atoms with Gasteiger partial charge >= 0.3 is 6.08 Å². The fourth-order valence-corrected chi connectivity index (χ4v) is 1.34. The molecule has 0 nitrogen and oxygen atoms in total. The Morgan fingerprint density at radius 3 is 2.07 bits per heavy atom. The first-order chi connectivity index (χ1) is 6.54. The Balaban J connectivity index is 3.13. The highest BCUT2D eigenvalue weighted by Gasteiger charge is 2.18. The highest BCUT2D eigenvalue weighted by atomic mass is 32.1. The van der Waals surface area contributed by atoms with Gasteiger partial charge in [-0.15, -0.1) is 11.3 Å². The summed E-state index contributed by atoms with van der Waals surface area (Å²) < 4.78 is 60.8. The zero-order chi connectivity index (χ0) is 10.7. The molecule has 0 amide bonds. The Bertz CT molecular complexity index is 372. The summed E-state index contributed by atoms with van der Waals surface area (Å²) >= 11 is 0.781. The summed E-state index contributed by atoms with van der Waals surface area (Å²) in [5.74, 6) is -6.26. The van der Waals surface area contributed by atoms with E-state index in [1.807, 2.05) is 0 Å². The average Bonchev–Trinajstić information content (AvgIpc) is 2.67. The van der Waals surface area contributed by atoms with Crippen LogP contribution in [0.3, 0.4) is 0 Å². The second-order valence-electron chi connectivity index (χ2n) is 2.18. The molecule has 1 rings (SSSR count). The number of halogens is 5. The Morgan fingerprint density at radius 2 is 1.64 bits per heavy atom. The highest BCUT2D eigenvalue weighted by molar-refractivity contribution is 7.11. The van der Waals surface area contributed by atoms with Gasteiger partial charge in [0, 0.05) is 0 Å². The van der Waals surface area contributed by atoms with E-state index in [0.29, 0.717) is 0 Å². The van der Waals surface area contributed by atoms with Crippen LogP contribution in [0.5, 0.6) is 0 Å². The van der Waals surface area contributed by atoms with Gasteiger partial charge in [0.25, 0.3) is 0 Å². The summed E-state index contributed by atoms with van der Waals surface area (Å²) in [6, 6.07) is 2.54. The van der Waals surface area contributed by atoms with E-state index in [0.717, 1.165) is 17.4 Å². The maximum Gasteiger partial charge on any atom is 0.308 e. The van der Waals surface area contributed by atoms with E-state index >= 15 is 0 Å². The van der Waals surface area contributed by atoms with Gasteiger partial charge in [-0.05, 0) is 11.4 Å². The summed E-state index contributed by atoms with van der Waals surface area (Å²) in [4.78, 5) is -0.237. The first kappa shape index (κ1) is 10.9. The van der Waals surface area contributed by atoms with Crippen LogP contribution in [0, 0.1) is 0 Å². The largest absolute Gasteiger partial charge is 0.308 e. The Labute approximate surface area is 80.0 Å². The van der Waals surface area contributed by atoms with Crippen molar-refractivity contribution in [1.29, 1.82) is 0 Å². The van der Waals surface area contributed by atoms with Gasteiger partial charge in [-0.25, -0.2) is 8.78 Å². The molecule has 0 atom stereocenters. The normalized spacial score (nSPS) is 12.4. The summed E-state index contributed by atoms with van der Waals surface area (Å²) in [6.45, 7) is 0. The predicted molar refractivity (Wildman–Crippen MR) is 43.8 cm³/mol. The van der Waals surface area contributed by atoms with Crippen LogP contribution in [0.15, 0.2) is 35.2 Å². The van der Waals surface area contributed by atoms with Gasteiger partial charge in [-0.1, -0.05) is 6.07 Å². The molecule has 0 fully saturated rings. The van der Waals surface area contributed by atoms with Gasteiger partial charge in [0.15, 0.2) is 5.83 Å². The van der Waals surface area contributed by atoms with Gasteiger partial charge in [-0.3, -0.25) is 0 Å². The first-order valence-corrected chi connectivity index (χ1v) is 4.22. The van der Waals surface area contributed by atoms with Crippen molar-refractivity contribution in [2.75, 3.05) is 0 Å². The van der Waals surface area contributed by atoms with Crippen molar-refractivity contribution >= 4 is 17.2 Å². The molecule has 0 saturated heterocycles. The molecule has 1 aromatic rings. The van der Waals surface area contributed by atoms with Crippen LogP contribution >= 0.6 is 11.3 Å². The fraction of sp³-hybridized carbons (Fsp3) is 0. The molecule has 0 aliphatic rings. The number of allylic oxidation sites excluding steroid dienone is 2. The highest BCUT2D eigenvalue weighted by Crippen LogP contribution is 2.31. The Morgan fingerprint density at radius 1 is 1.00 bits per heavy atom. The van der Waals surface area contributed by atoms with Gasteiger partial charge in [0.05, 0.1) is 4.88 Å². The molecule has 0 N–H and O–H groups in total. The molecule has 1 aromatic heterocycles. The summed E-state index contributed by atoms with van der Waals surface area (Å²) in [6.07, 6.45) is -2.88. The molecule has 0 saturated carbocycles. The molecule has 0 aliphatic heterocycles. The third-order valence-electron chi connectivity index (χ3n) is 1.29. The molecular weight excluding hydrogens is 223 g/mol. The van der Waals surface area contributed by atoms with E-state index < -0.39 is 23.6 Å². The monoisotopic (exact) mass is 226 g/mol. The van der Waals surface area contributed by atoms with Gasteiger partial charge < -0.3 is 0 Å². The van der Waals surface area contributed by atoms with Crippen molar-refractivity contribution in [3.63, 3.8) is 0 Å². The van der Waals surface area contributed by atoms with Gasteiger partial charge in [0.2, 0.25) is 11.7 Å². The fourth-order valence-electron chi connectivity index (χ4n) is 0.691. The lowest BCUT2D eigenvalue weighted by Gasteiger charge is -1.94. The van der Waals surface area contributed by atoms with Crippen molar-refractivity contribution in [3.8, 4) is 0 Å². The minimum absolute atomic E-state index is 0.237. The number of hydrogen-bond acceptors (Lipinski definition) is 1. The third-order valence-corrected chi connectivity index (χ3v) is 2.15. The van der Waals surface area contributed by atoms with E-state index in [1.54, 1.807) is 0 Å². The van der Waals surface area contributed by atoms with E-state index in [2.05, 4.69) is 0 Å². The van der Waals surface area contributed by atoms with Gasteiger partial charge in [0.1, 0.15) is 0 Å². The lowest BCUT2D eigenvalue weighted by atomic mass is 10.3. The van der Waals surface area contributed by atoms with Crippen LogP contribution in [-0.2, 0) is 0 Å². The molecule has 0 bridgehead atoms. The number of hydrogen-bond donors (Lipinski definition) is 0. The molecule has 0 unspecified atom stereocenters. The van der Waals surface area contributed by atoms with Crippen LogP contribution in [0.2, 0.25) is 0 Å². The standard InChI is InChI=1S/C8H3F5S/c9-5(4-2-1-3-14-4)6(10)7(11)8(12)13/h1-3H/b6-5+. The number of rotatable bonds is 2. The van der Waals surface area contributed by atoms with Crippen LogP contribution < -0.4 is 0 Å². The minimum Gasteiger partial charge on any atom is -0.202 e. The zero-order valence-corrected chi connectivity index (χ0v) is 7.35. The SMILES string of the molecule is FC(F)=C(F)/C(F)=C(\F)c1cccs1. The van der Waals surface area contributed by atoms with Crippen molar-refractivity contribution in [3.05, 3.63) is 40.1 Å². The maximum atomic E-state index is 12.9. The first-order valence-electron chi connectivity index (χ1n) is 3.34. The summed E-state index contributed by atoms with van der Waals surface area (Å²) in [5.41, 5.74) is 0. The van der Waals surface area contributed by atoms with Crippen LogP contribution in [-0.4, -0.2) is 0 Å². The second-order valence-corrected chi connectivity index (χ2v) is 3.13. The second kappa shape index (κ2) is 4.36. The van der Waals surface area contributed by atoms with Gasteiger partial charge in [-0.2, -0.15) is 13.2 Å². The molecule has 0 aromatic carbocycles. The smallest absolute Gasteiger partial charge is 0.202 e. The zero-order valence-electron chi connectivity index (χ0n) is 6.53. The molecule has 1 heterocycles. The lowest BCUT2D eigenvalue weighted by Crippen LogP contribution is -1.82. The van der Waals surface area contributed by atoms with Crippen molar-refractivity contribution in [2.45, 2.75) is 0 Å². The number of thiophene rings is 1. The minimum atomic E-state index is -2.88. The third kappa shape index (κ3) is 2.20. The molecule has 14 heavy (non-hydrogen) atoms. The Kier molecular flexibility index (Phi) is 3.40. The molecule has 6 heteroatoms. The van der Waals surface area contributed by atoms with E-state index in [-0.39, 0.29) is 4.88 Å². The van der Waals surface area contributed by atoms with E-state index in [9.17, 15) is 22.0 Å².